The summed E-state index contributed by atoms with van der Waals surface area (Å²) in [5, 5.41) is 0. The number of pyridine rings is 1. The second-order valence-electron chi connectivity index (χ2n) is 8.13. The molecule has 0 spiro atoms. The molecule has 1 amide bonds. The van der Waals surface area contributed by atoms with Gasteiger partial charge >= 0.3 is 0 Å². The maximum Gasteiger partial charge on any atom is 0.291 e. The standard InChI is InChI=1S/C24H27N3O5/c1-31-19-7-2-5-17(15-19)22(28)20-21(18-6-3-8-25-16-18)27(24(30)23(20)29)10-4-9-26-11-13-32-14-12-26/h2-3,5-8,15-16,20-21H,4,9-14H2,1H3/p+1. The van der Waals surface area contributed by atoms with Crippen LogP contribution in [0.4, 0.5) is 0 Å². The molecule has 2 fully saturated rings. The quantitative estimate of drug-likeness (QED) is 0.363. The highest BCUT2D eigenvalue weighted by molar-refractivity contribution is 6.44. The molecule has 1 aromatic carbocycles. The summed E-state index contributed by atoms with van der Waals surface area (Å²) in [4.78, 5) is 46.6. The van der Waals surface area contributed by atoms with Crippen molar-refractivity contribution < 1.29 is 28.8 Å². The first kappa shape index (κ1) is 22.1. The lowest BCUT2D eigenvalue weighted by molar-refractivity contribution is -0.908. The lowest BCUT2D eigenvalue weighted by Crippen LogP contribution is -3.14. The Morgan fingerprint density at radius 1 is 1.22 bits per heavy atom. The number of ether oxygens (including phenoxy) is 2. The van der Waals surface area contributed by atoms with Crippen molar-refractivity contribution in [3.63, 3.8) is 0 Å². The van der Waals surface area contributed by atoms with E-state index in [2.05, 4.69) is 4.98 Å². The van der Waals surface area contributed by atoms with Crippen molar-refractivity contribution in [3.8, 4) is 5.75 Å². The van der Waals surface area contributed by atoms with E-state index >= 15 is 0 Å². The van der Waals surface area contributed by atoms with Crippen molar-refractivity contribution in [2.24, 2.45) is 5.92 Å². The molecule has 3 heterocycles. The second kappa shape index (κ2) is 10.0. The summed E-state index contributed by atoms with van der Waals surface area (Å²) in [6, 6.07) is 9.59. The van der Waals surface area contributed by atoms with Crippen molar-refractivity contribution in [3.05, 3.63) is 59.9 Å². The van der Waals surface area contributed by atoms with E-state index in [-0.39, 0.29) is 5.78 Å². The molecule has 2 aromatic rings. The van der Waals surface area contributed by atoms with Gasteiger partial charge in [-0.2, -0.15) is 0 Å². The first-order valence-electron chi connectivity index (χ1n) is 10.9. The van der Waals surface area contributed by atoms with Crippen LogP contribution in [0.2, 0.25) is 0 Å². The highest BCUT2D eigenvalue weighted by Crippen LogP contribution is 2.38. The van der Waals surface area contributed by atoms with Crippen LogP contribution in [0.15, 0.2) is 48.8 Å². The molecule has 2 saturated heterocycles. The van der Waals surface area contributed by atoms with Crippen LogP contribution in [-0.2, 0) is 14.3 Å². The second-order valence-corrected chi connectivity index (χ2v) is 8.13. The number of carbonyl (C=O) groups excluding carboxylic acids is 3. The zero-order valence-corrected chi connectivity index (χ0v) is 18.2. The van der Waals surface area contributed by atoms with Crippen LogP contribution in [0, 0.1) is 5.92 Å². The fraction of sp³-hybridized carbons (Fsp3) is 0.417. The number of rotatable bonds is 8. The van der Waals surface area contributed by atoms with E-state index in [1.165, 1.54) is 12.0 Å². The largest absolute Gasteiger partial charge is 0.497 e. The van der Waals surface area contributed by atoms with E-state index in [1.807, 2.05) is 6.07 Å². The van der Waals surface area contributed by atoms with E-state index in [0.717, 1.165) is 39.3 Å². The van der Waals surface area contributed by atoms with E-state index in [4.69, 9.17) is 9.47 Å². The van der Waals surface area contributed by atoms with Crippen molar-refractivity contribution in [1.82, 2.24) is 9.88 Å². The third-order valence-corrected chi connectivity index (χ3v) is 6.20. The fourth-order valence-corrected chi connectivity index (χ4v) is 4.52. The summed E-state index contributed by atoms with van der Waals surface area (Å²) in [5.41, 5.74) is 1.04. The van der Waals surface area contributed by atoms with Gasteiger partial charge < -0.3 is 19.3 Å². The van der Waals surface area contributed by atoms with E-state index in [1.54, 1.807) is 47.6 Å². The number of hydrogen-bond acceptors (Lipinski definition) is 6. The van der Waals surface area contributed by atoms with Gasteiger partial charge in [-0.25, -0.2) is 0 Å². The van der Waals surface area contributed by atoms with Crippen LogP contribution in [-0.4, -0.2) is 73.9 Å². The normalized spacial score (nSPS) is 21.7. The van der Waals surface area contributed by atoms with E-state index < -0.39 is 23.7 Å². The van der Waals surface area contributed by atoms with Crippen LogP contribution < -0.4 is 9.64 Å². The summed E-state index contributed by atoms with van der Waals surface area (Å²) in [5.74, 6) is -2.22. The van der Waals surface area contributed by atoms with Crippen LogP contribution in [0.25, 0.3) is 0 Å². The predicted octanol–water partition coefficient (Wildman–Crippen LogP) is 0.347. The number of Topliss-reactive ketones (excluding diaryl/α,β-unsaturated/α-hetero) is 2. The Kier molecular flexibility index (Phi) is 6.92. The highest BCUT2D eigenvalue weighted by Gasteiger charge is 2.51. The molecule has 168 valence electrons. The number of methoxy groups -OCH3 is 1. The molecular formula is C24H28N3O5+. The van der Waals surface area contributed by atoms with Crippen LogP contribution >= 0.6 is 0 Å². The molecule has 1 N–H and O–H groups in total. The zero-order chi connectivity index (χ0) is 22.5. The highest BCUT2D eigenvalue weighted by atomic mass is 16.5. The maximum atomic E-state index is 13.4. The minimum absolute atomic E-state index is 0.351. The first-order valence-corrected chi connectivity index (χ1v) is 10.9. The molecule has 8 heteroatoms. The average Bonchev–Trinajstić information content (AvgIpc) is 3.10. The Labute approximate surface area is 187 Å². The molecule has 1 aromatic heterocycles. The molecule has 2 atom stereocenters. The Balaban J connectivity index is 1.59. The number of likely N-dealkylation sites (tertiary alicyclic amines) is 1. The number of nitrogens with zero attached hydrogens (tertiary/aromatic N) is 2. The Hall–Kier alpha value is -3.10. The van der Waals surface area contributed by atoms with Crippen LogP contribution in [0.1, 0.15) is 28.4 Å². The minimum Gasteiger partial charge on any atom is -0.497 e. The average molecular weight is 439 g/mol. The first-order chi connectivity index (χ1) is 15.6. The van der Waals surface area contributed by atoms with Crippen molar-refractivity contribution >= 4 is 17.5 Å². The van der Waals surface area contributed by atoms with Gasteiger partial charge in [0.2, 0.25) is 5.78 Å². The summed E-state index contributed by atoms with van der Waals surface area (Å²) >= 11 is 0. The molecule has 2 aliphatic rings. The topological polar surface area (TPSA) is 90.2 Å². The van der Waals surface area contributed by atoms with Gasteiger partial charge in [0.05, 0.1) is 32.9 Å². The number of amides is 1. The SMILES string of the molecule is COc1cccc(C(=O)C2C(=O)C(=O)N(CCC[NH+]3CCOCC3)C2c2cccnc2)c1. The fourth-order valence-electron chi connectivity index (χ4n) is 4.52. The summed E-state index contributed by atoms with van der Waals surface area (Å²) in [6.45, 7) is 4.66. The van der Waals surface area contributed by atoms with Crippen molar-refractivity contribution in [2.45, 2.75) is 12.5 Å². The van der Waals surface area contributed by atoms with Crippen LogP contribution in [0.3, 0.4) is 0 Å². The molecule has 0 aliphatic carbocycles. The Bertz CT molecular complexity index is 975. The van der Waals surface area contributed by atoms with Gasteiger partial charge in [-0.05, 0) is 23.8 Å². The van der Waals surface area contributed by atoms with Gasteiger partial charge in [0.1, 0.15) is 24.8 Å². The number of carbonyl (C=O) groups is 3. The molecule has 32 heavy (non-hydrogen) atoms. The molecule has 0 saturated carbocycles. The van der Waals surface area contributed by atoms with Gasteiger partial charge in [-0.3, -0.25) is 19.4 Å². The Morgan fingerprint density at radius 2 is 2.03 bits per heavy atom. The smallest absolute Gasteiger partial charge is 0.291 e. The molecule has 2 aliphatic heterocycles. The Morgan fingerprint density at radius 3 is 2.75 bits per heavy atom. The lowest BCUT2D eigenvalue weighted by atomic mass is 9.87. The van der Waals surface area contributed by atoms with Crippen molar-refractivity contribution in [2.75, 3.05) is 46.5 Å². The van der Waals surface area contributed by atoms with Gasteiger partial charge in [-0.15, -0.1) is 0 Å². The number of aromatic nitrogens is 1. The molecule has 8 nitrogen and oxygen atoms in total. The number of hydrogen-bond donors (Lipinski definition) is 1. The van der Waals surface area contributed by atoms with Gasteiger partial charge in [-0.1, -0.05) is 18.2 Å². The van der Waals surface area contributed by atoms with Gasteiger partial charge in [0.25, 0.3) is 5.91 Å². The maximum absolute atomic E-state index is 13.4. The van der Waals surface area contributed by atoms with Crippen molar-refractivity contribution in [1.29, 1.82) is 0 Å². The number of benzene rings is 1. The monoisotopic (exact) mass is 438 g/mol. The molecule has 2 unspecified atom stereocenters. The predicted molar refractivity (Wildman–Crippen MR) is 116 cm³/mol. The van der Waals surface area contributed by atoms with Gasteiger partial charge in [0, 0.05) is 30.9 Å². The number of morpholine rings is 1. The minimum atomic E-state index is -1.10. The van der Waals surface area contributed by atoms with E-state index in [9.17, 15) is 14.4 Å². The number of ketones is 2. The summed E-state index contributed by atoms with van der Waals surface area (Å²) < 4.78 is 10.6. The third-order valence-electron chi connectivity index (χ3n) is 6.20. The summed E-state index contributed by atoms with van der Waals surface area (Å²) in [6.07, 6.45) is 4.00. The zero-order valence-electron chi connectivity index (χ0n) is 18.2. The summed E-state index contributed by atoms with van der Waals surface area (Å²) in [7, 11) is 1.52. The third kappa shape index (κ3) is 4.56. The molecule has 4 rings (SSSR count). The van der Waals surface area contributed by atoms with Gasteiger partial charge in [0.15, 0.2) is 5.78 Å². The molecule has 0 radical (unpaired) electrons. The van der Waals surface area contributed by atoms with E-state index in [0.29, 0.717) is 23.4 Å². The molecular weight excluding hydrogens is 410 g/mol. The van der Waals surface area contributed by atoms with Crippen LogP contribution in [0.5, 0.6) is 5.75 Å². The number of quaternary nitrogens is 1. The molecule has 0 bridgehead atoms. The lowest BCUT2D eigenvalue weighted by Gasteiger charge is -2.28. The number of nitrogens with one attached hydrogen (secondary N) is 1.